The van der Waals surface area contributed by atoms with Crippen molar-refractivity contribution >= 4 is 17.2 Å². The Labute approximate surface area is 194 Å². The highest BCUT2D eigenvalue weighted by Crippen LogP contribution is 2.50. The second-order valence-corrected chi connectivity index (χ2v) is 8.56. The van der Waals surface area contributed by atoms with Crippen LogP contribution in [0.4, 0.5) is 26.3 Å². The van der Waals surface area contributed by atoms with Crippen LogP contribution in [0.2, 0.25) is 0 Å². The van der Waals surface area contributed by atoms with Gasteiger partial charge >= 0.3 is 18.3 Å². The Kier molecular flexibility index (Phi) is 5.81. The van der Waals surface area contributed by atoms with E-state index >= 15 is 0 Å². The molecule has 3 heterocycles. The lowest BCUT2D eigenvalue weighted by Gasteiger charge is -2.30. The molecule has 3 aromatic rings. The SMILES string of the molecule is Cc1cc(C(F)(F)F)cc(C2(C(F)(F)F)CC(C(C)Cc3ccc(C(=O)O)c4cncn34)=NO2)c1. The molecule has 1 aliphatic heterocycles. The number of carboxylic acids is 1. The highest BCUT2D eigenvalue weighted by molar-refractivity contribution is 5.95. The van der Waals surface area contributed by atoms with Gasteiger partial charge in [-0.1, -0.05) is 23.7 Å². The number of aromatic nitrogens is 2. The molecule has 0 radical (unpaired) electrons. The summed E-state index contributed by atoms with van der Waals surface area (Å²) >= 11 is 0. The molecular weight excluding hydrogens is 480 g/mol. The number of rotatable bonds is 5. The van der Waals surface area contributed by atoms with Crippen molar-refractivity contribution in [2.75, 3.05) is 0 Å². The predicted octanol–water partition coefficient (Wildman–Crippen LogP) is 5.77. The zero-order valence-electron chi connectivity index (χ0n) is 18.4. The van der Waals surface area contributed by atoms with E-state index in [0.717, 1.165) is 12.1 Å². The topological polar surface area (TPSA) is 76.2 Å². The van der Waals surface area contributed by atoms with Gasteiger partial charge in [-0.3, -0.25) is 0 Å². The maximum Gasteiger partial charge on any atom is 0.435 e. The van der Waals surface area contributed by atoms with Crippen LogP contribution >= 0.6 is 0 Å². The number of oxime groups is 1. The van der Waals surface area contributed by atoms with Crippen molar-refractivity contribution < 1.29 is 41.1 Å². The van der Waals surface area contributed by atoms with Gasteiger partial charge in [0.2, 0.25) is 0 Å². The molecule has 12 heteroatoms. The number of benzene rings is 1. The third-order valence-electron chi connectivity index (χ3n) is 6.06. The van der Waals surface area contributed by atoms with Crippen LogP contribution in [0.15, 0.2) is 48.0 Å². The van der Waals surface area contributed by atoms with E-state index in [1.54, 1.807) is 6.92 Å². The second kappa shape index (κ2) is 8.28. The maximum atomic E-state index is 14.3. The van der Waals surface area contributed by atoms with Crippen LogP contribution in [0, 0.1) is 12.8 Å². The summed E-state index contributed by atoms with van der Waals surface area (Å²) in [5.41, 5.74) is -4.02. The molecule has 2 aromatic heterocycles. The molecule has 0 saturated heterocycles. The molecule has 0 saturated carbocycles. The number of carbonyl (C=O) groups is 1. The van der Waals surface area contributed by atoms with E-state index in [2.05, 4.69) is 10.1 Å². The normalized spacial score (nSPS) is 19.5. The number of halogens is 6. The van der Waals surface area contributed by atoms with Gasteiger partial charge in [0.1, 0.15) is 0 Å². The Bertz CT molecular complexity index is 1330. The monoisotopic (exact) mass is 499 g/mol. The first-order valence-corrected chi connectivity index (χ1v) is 10.4. The van der Waals surface area contributed by atoms with Crippen molar-refractivity contribution in [2.24, 2.45) is 11.1 Å². The van der Waals surface area contributed by atoms with E-state index in [4.69, 9.17) is 4.84 Å². The lowest BCUT2D eigenvalue weighted by molar-refractivity contribution is -0.276. The first-order chi connectivity index (χ1) is 16.2. The molecule has 0 amide bonds. The van der Waals surface area contributed by atoms with Gasteiger partial charge in [-0.2, -0.15) is 26.3 Å². The first-order valence-electron chi connectivity index (χ1n) is 10.4. The molecule has 1 aliphatic rings. The van der Waals surface area contributed by atoms with E-state index in [-0.39, 0.29) is 23.3 Å². The summed E-state index contributed by atoms with van der Waals surface area (Å²) < 4.78 is 84.2. The van der Waals surface area contributed by atoms with Crippen LogP contribution < -0.4 is 0 Å². The van der Waals surface area contributed by atoms with Gasteiger partial charge < -0.3 is 14.3 Å². The zero-order valence-corrected chi connectivity index (χ0v) is 18.4. The first kappa shape index (κ1) is 24.6. The van der Waals surface area contributed by atoms with E-state index in [1.807, 2.05) is 0 Å². The van der Waals surface area contributed by atoms with Gasteiger partial charge in [0.05, 0.1) is 34.9 Å². The Morgan fingerprint density at radius 2 is 1.91 bits per heavy atom. The fraction of sp³-hybridized carbons (Fsp3) is 0.348. The number of nitrogens with zero attached hydrogens (tertiary/aromatic N) is 3. The number of carboxylic acid groups (broad SMARTS) is 1. The Balaban J connectivity index is 1.66. The van der Waals surface area contributed by atoms with Gasteiger partial charge in [-0.25, -0.2) is 9.78 Å². The quantitative estimate of drug-likeness (QED) is 0.452. The van der Waals surface area contributed by atoms with Gasteiger partial charge in [0.15, 0.2) is 0 Å². The lowest BCUT2D eigenvalue weighted by atomic mass is 9.83. The molecule has 1 aromatic carbocycles. The van der Waals surface area contributed by atoms with E-state index in [0.29, 0.717) is 17.3 Å². The standard InChI is InChI=1S/C23H19F6N3O3/c1-12-5-14(8-15(6-12)22(24,25)26)21(23(27,28)29)9-18(31-35-21)13(2)7-16-3-4-17(20(33)34)19-10-30-11-32(16)19/h3-6,8,10-11,13H,7,9H2,1-2H3,(H,33,34). The number of imidazole rings is 1. The Hall–Kier alpha value is -3.57. The van der Waals surface area contributed by atoms with Gasteiger partial charge in [0, 0.05) is 23.6 Å². The minimum absolute atomic E-state index is 0.00423. The fourth-order valence-corrected chi connectivity index (χ4v) is 4.22. The fourth-order valence-electron chi connectivity index (χ4n) is 4.22. The van der Waals surface area contributed by atoms with Crippen molar-refractivity contribution in [3.05, 3.63) is 70.8 Å². The largest absolute Gasteiger partial charge is 0.478 e. The molecule has 35 heavy (non-hydrogen) atoms. The summed E-state index contributed by atoms with van der Waals surface area (Å²) in [5.74, 6) is -1.76. The molecule has 6 nitrogen and oxygen atoms in total. The lowest BCUT2D eigenvalue weighted by Crippen LogP contribution is -2.43. The third kappa shape index (κ3) is 4.32. The van der Waals surface area contributed by atoms with Crippen molar-refractivity contribution in [2.45, 2.75) is 44.6 Å². The average Bonchev–Trinajstić information content (AvgIpc) is 3.41. The number of aromatic carboxylic acids is 1. The van der Waals surface area contributed by atoms with Crippen LogP contribution in [-0.4, -0.2) is 32.3 Å². The summed E-state index contributed by atoms with van der Waals surface area (Å²) in [7, 11) is 0. The molecule has 0 aliphatic carbocycles. The van der Waals surface area contributed by atoms with E-state index in [1.165, 1.54) is 36.0 Å². The van der Waals surface area contributed by atoms with Crippen molar-refractivity contribution in [3.8, 4) is 0 Å². The molecule has 0 spiro atoms. The van der Waals surface area contributed by atoms with Gasteiger partial charge in [0.25, 0.3) is 5.60 Å². The second-order valence-electron chi connectivity index (χ2n) is 8.56. The summed E-state index contributed by atoms with van der Waals surface area (Å²) in [6, 6.07) is 5.14. The molecule has 4 rings (SSSR count). The zero-order chi connectivity index (χ0) is 25.8. The number of pyridine rings is 1. The van der Waals surface area contributed by atoms with Crippen LogP contribution in [0.25, 0.3) is 5.52 Å². The number of hydrogen-bond acceptors (Lipinski definition) is 4. The molecule has 0 fully saturated rings. The van der Waals surface area contributed by atoms with Crippen LogP contribution in [0.5, 0.6) is 0 Å². The third-order valence-corrected chi connectivity index (χ3v) is 6.06. The number of alkyl halides is 6. The molecular formula is C23H19F6N3O3. The van der Waals surface area contributed by atoms with Crippen LogP contribution in [0.1, 0.15) is 46.1 Å². The number of aryl methyl sites for hydroxylation is 1. The summed E-state index contributed by atoms with van der Waals surface area (Å²) in [4.78, 5) is 20.3. The number of hydrogen-bond donors (Lipinski definition) is 1. The highest BCUT2D eigenvalue weighted by Gasteiger charge is 2.62. The Morgan fingerprint density at radius 3 is 2.54 bits per heavy atom. The minimum atomic E-state index is -5.05. The van der Waals surface area contributed by atoms with Crippen LogP contribution in [0.3, 0.4) is 0 Å². The Morgan fingerprint density at radius 1 is 1.20 bits per heavy atom. The average molecular weight is 499 g/mol. The van der Waals surface area contributed by atoms with Gasteiger partial charge in [-0.15, -0.1) is 0 Å². The van der Waals surface area contributed by atoms with Crippen molar-refractivity contribution in [1.29, 1.82) is 0 Å². The molecule has 1 N–H and O–H groups in total. The highest BCUT2D eigenvalue weighted by atomic mass is 19.4. The molecule has 2 atom stereocenters. The molecule has 0 bridgehead atoms. The minimum Gasteiger partial charge on any atom is -0.478 e. The van der Waals surface area contributed by atoms with Crippen LogP contribution in [-0.2, 0) is 23.0 Å². The summed E-state index contributed by atoms with van der Waals surface area (Å²) in [6.07, 6.45) is -7.75. The summed E-state index contributed by atoms with van der Waals surface area (Å²) in [6.45, 7) is 2.89. The van der Waals surface area contributed by atoms with Crippen molar-refractivity contribution in [3.63, 3.8) is 0 Å². The summed E-state index contributed by atoms with van der Waals surface area (Å²) in [5, 5.41) is 13.0. The van der Waals surface area contributed by atoms with Crippen molar-refractivity contribution in [1.82, 2.24) is 9.38 Å². The number of fused-ring (bicyclic) bond motifs is 1. The molecule has 186 valence electrons. The smallest absolute Gasteiger partial charge is 0.435 e. The van der Waals surface area contributed by atoms with Gasteiger partial charge in [-0.05, 0) is 37.6 Å². The van der Waals surface area contributed by atoms with E-state index < -0.39 is 47.4 Å². The maximum absolute atomic E-state index is 14.3. The van der Waals surface area contributed by atoms with E-state index in [9.17, 15) is 36.2 Å². The predicted molar refractivity (Wildman–Crippen MR) is 112 cm³/mol. The molecule has 2 unspecified atom stereocenters.